The zero-order valence-corrected chi connectivity index (χ0v) is 19.2. The summed E-state index contributed by atoms with van der Waals surface area (Å²) in [7, 11) is 0. The predicted octanol–water partition coefficient (Wildman–Crippen LogP) is 4.50. The normalized spacial score (nSPS) is 17.0. The third-order valence-corrected chi connectivity index (χ3v) is 6.79. The Labute approximate surface area is 196 Å². The van der Waals surface area contributed by atoms with Crippen molar-refractivity contribution in [2.75, 3.05) is 32.8 Å². The molecule has 0 N–H and O–H groups in total. The Balaban J connectivity index is 1.14. The van der Waals surface area contributed by atoms with Crippen LogP contribution in [0.4, 0.5) is 0 Å². The van der Waals surface area contributed by atoms with Crippen molar-refractivity contribution in [3.8, 4) is 0 Å². The zero-order valence-electron chi connectivity index (χ0n) is 19.2. The summed E-state index contributed by atoms with van der Waals surface area (Å²) in [6, 6.07) is 25.4. The van der Waals surface area contributed by atoms with Crippen molar-refractivity contribution in [1.82, 2.24) is 9.80 Å². The Bertz CT molecular complexity index is 1070. The van der Waals surface area contributed by atoms with Gasteiger partial charge in [-0.3, -0.25) is 14.6 Å². The molecular weight excluding hydrogens is 408 g/mol. The van der Waals surface area contributed by atoms with Crippen molar-refractivity contribution in [2.45, 2.75) is 32.5 Å². The number of benzene rings is 3. The van der Waals surface area contributed by atoms with Gasteiger partial charge in [-0.05, 0) is 34.2 Å². The van der Waals surface area contributed by atoms with Crippen LogP contribution in [-0.2, 0) is 37.2 Å². The molecule has 0 amide bonds. The van der Waals surface area contributed by atoms with Gasteiger partial charge < -0.3 is 4.74 Å². The lowest BCUT2D eigenvalue weighted by molar-refractivity contribution is 0.0342. The first kappa shape index (κ1) is 22.0. The standard InChI is InChI=1S/C29H32N2O2/c32-29(19-23-5-7-24(8-6-23)20-30-15-17-33-18-16-30)27-11-9-25(10-12-27)21-31-14-13-26-3-1-2-4-28(26)22-31/h1-12H,13-22H2. The monoisotopic (exact) mass is 440 g/mol. The molecule has 0 atom stereocenters. The average Bonchev–Trinajstić information content (AvgIpc) is 2.86. The van der Waals surface area contributed by atoms with E-state index in [2.05, 4.69) is 70.5 Å². The van der Waals surface area contributed by atoms with E-state index in [-0.39, 0.29) is 5.78 Å². The quantitative estimate of drug-likeness (QED) is 0.507. The molecule has 3 aromatic rings. The highest BCUT2D eigenvalue weighted by molar-refractivity contribution is 5.97. The Hall–Kier alpha value is -2.79. The van der Waals surface area contributed by atoms with E-state index in [9.17, 15) is 4.79 Å². The number of morpholine rings is 1. The molecule has 1 fully saturated rings. The first-order valence-electron chi connectivity index (χ1n) is 12.0. The fourth-order valence-electron chi connectivity index (χ4n) is 4.81. The summed E-state index contributed by atoms with van der Waals surface area (Å²) in [6.07, 6.45) is 1.55. The minimum absolute atomic E-state index is 0.175. The van der Waals surface area contributed by atoms with E-state index in [1.807, 2.05) is 12.1 Å². The zero-order chi connectivity index (χ0) is 22.5. The van der Waals surface area contributed by atoms with Gasteiger partial charge in [0.25, 0.3) is 0 Å². The van der Waals surface area contributed by atoms with Gasteiger partial charge >= 0.3 is 0 Å². The number of hydrogen-bond acceptors (Lipinski definition) is 4. The molecule has 4 nitrogen and oxygen atoms in total. The van der Waals surface area contributed by atoms with Crippen LogP contribution in [0.1, 0.15) is 38.2 Å². The van der Waals surface area contributed by atoms with Crippen LogP contribution in [0.15, 0.2) is 72.8 Å². The highest BCUT2D eigenvalue weighted by atomic mass is 16.5. The largest absolute Gasteiger partial charge is 0.379 e. The molecule has 0 aliphatic carbocycles. The lowest BCUT2D eigenvalue weighted by Crippen LogP contribution is -2.35. The number of rotatable bonds is 7. The molecule has 2 aliphatic heterocycles. The number of nitrogens with zero attached hydrogens (tertiary/aromatic N) is 2. The van der Waals surface area contributed by atoms with Crippen molar-refractivity contribution >= 4 is 5.78 Å². The SMILES string of the molecule is O=C(Cc1ccc(CN2CCOCC2)cc1)c1ccc(CN2CCc3ccccc3C2)cc1. The molecule has 170 valence electrons. The summed E-state index contributed by atoms with van der Waals surface area (Å²) < 4.78 is 5.42. The topological polar surface area (TPSA) is 32.8 Å². The van der Waals surface area contributed by atoms with Crippen LogP contribution < -0.4 is 0 Å². The van der Waals surface area contributed by atoms with Gasteiger partial charge in [-0.15, -0.1) is 0 Å². The molecule has 2 heterocycles. The van der Waals surface area contributed by atoms with Gasteiger partial charge in [0.2, 0.25) is 0 Å². The van der Waals surface area contributed by atoms with E-state index < -0.39 is 0 Å². The van der Waals surface area contributed by atoms with Crippen LogP contribution in [0.25, 0.3) is 0 Å². The van der Waals surface area contributed by atoms with Crippen LogP contribution in [0.5, 0.6) is 0 Å². The second-order valence-corrected chi connectivity index (χ2v) is 9.23. The van der Waals surface area contributed by atoms with Gasteiger partial charge in [-0.25, -0.2) is 0 Å². The number of carbonyl (C=O) groups excluding carboxylic acids is 1. The number of carbonyl (C=O) groups is 1. The molecule has 0 radical (unpaired) electrons. The number of ketones is 1. The third kappa shape index (κ3) is 5.77. The fourth-order valence-corrected chi connectivity index (χ4v) is 4.81. The minimum atomic E-state index is 0.175. The maximum atomic E-state index is 12.8. The van der Waals surface area contributed by atoms with Crippen LogP contribution in [0, 0.1) is 0 Å². The maximum absolute atomic E-state index is 12.8. The lowest BCUT2D eigenvalue weighted by atomic mass is 9.98. The molecule has 0 saturated carbocycles. The molecule has 2 aliphatic rings. The summed E-state index contributed by atoms with van der Waals surface area (Å²) in [5, 5.41) is 0. The first-order chi connectivity index (χ1) is 16.2. The van der Waals surface area contributed by atoms with Crippen LogP contribution in [0.3, 0.4) is 0 Å². The second-order valence-electron chi connectivity index (χ2n) is 9.23. The molecule has 0 aromatic heterocycles. The van der Waals surface area contributed by atoms with Crippen LogP contribution in [-0.4, -0.2) is 48.4 Å². The van der Waals surface area contributed by atoms with E-state index in [0.717, 1.165) is 70.0 Å². The van der Waals surface area contributed by atoms with Gasteiger partial charge in [0.1, 0.15) is 0 Å². The van der Waals surface area contributed by atoms with Crippen LogP contribution in [0.2, 0.25) is 0 Å². The number of hydrogen-bond donors (Lipinski definition) is 0. The molecule has 5 rings (SSSR count). The number of Topliss-reactive ketones (excluding diaryl/α,β-unsaturated/α-hetero) is 1. The van der Waals surface area contributed by atoms with Crippen LogP contribution >= 0.6 is 0 Å². The summed E-state index contributed by atoms with van der Waals surface area (Å²) >= 11 is 0. The highest BCUT2D eigenvalue weighted by Crippen LogP contribution is 2.20. The molecule has 1 saturated heterocycles. The van der Waals surface area contributed by atoms with Crippen molar-refractivity contribution < 1.29 is 9.53 Å². The van der Waals surface area contributed by atoms with Gasteiger partial charge in [0, 0.05) is 51.3 Å². The predicted molar refractivity (Wildman–Crippen MR) is 131 cm³/mol. The molecule has 0 unspecified atom stereocenters. The average molecular weight is 441 g/mol. The van der Waals surface area contributed by atoms with Gasteiger partial charge in [0.15, 0.2) is 5.78 Å². The summed E-state index contributed by atoms with van der Waals surface area (Å²) in [5.41, 5.74) is 7.33. The van der Waals surface area contributed by atoms with E-state index in [1.54, 1.807) is 0 Å². The number of ether oxygens (including phenoxy) is 1. The van der Waals surface area contributed by atoms with Crippen molar-refractivity contribution in [3.05, 3.63) is 106 Å². The summed E-state index contributed by atoms with van der Waals surface area (Å²) in [6.45, 7) is 7.56. The van der Waals surface area contributed by atoms with E-state index in [4.69, 9.17) is 4.74 Å². The molecule has 33 heavy (non-hydrogen) atoms. The van der Waals surface area contributed by atoms with E-state index in [0.29, 0.717) is 6.42 Å². The molecular formula is C29H32N2O2. The Morgan fingerprint density at radius 2 is 1.30 bits per heavy atom. The fraction of sp³-hybridized carbons (Fsp3) is 0.345. The number of fused-ring (bicyclic) bond motifs is 1. The van der Waals surface area contributed by atoms with Gasteiger partial charge in [-0.1, -0.05) is 72.8 Å². The maximum Gasteiger partial charge on any atom is 0.167 e. The molecule has 3 aromatic carbocycles. The third-order valence-electron chi connectivity index (χ3n) is 6.79. The molecule has 0 spiro atoms. The Morgan fingerprint density at radius 1 is 0.697 bits per heavy atom. The molecule has 4 heteroatoms. The highest BCUT2D eigenvalue weighted by Gasteiger charge is 2.16. The van der Waals surface area contributed by atoms with Gasteiger partial charge in [-0.2, -0.15) is 0 Å². The van der Waals surface area contributed by atoms with Crippen molar-refractivity contribution in [3.63, 3.8) is 0 Å². The lowest BCUT2D eigenvalue weighted by Gasteiger charge is -2.28. The smallest absolute Gasteiger partial charge is 0.167 e. The second kappa shape index (κ2) is 10.4. The summed E-state index contributed by atoms with van der Waals surface area (Å²) in [4.78, 5) is 17.7. The minimum Gasteiger partial charge on any atom is -0.379 e. The Kier molecular flexibility index (Phi) is 6.96. The van der Waals surface area contributed by atoms with E-state index >= 15 is 0 Å². The van der Waals surface area contributed by atoms with Gasteiger partial charge in [0.05, 0.1) is 13.2 Å². The van der Waals surface area contributed by atoms with Crippen molar-refractivity contribution in [1.29, 1.82) is 0 Å². The van der Waals surface area contributed by atoms with Crippen molar-refractivity contribution in [2.24, 2.45) is 0 Å². The Morgan fingerprint density at radius 3 is 2.03 bits per heavy atom. The van der Waals surface area contributed by atoms with E-state index in [1.165, 1.54) is 22.3 Å². The summed E-state index contributed by atoms with van der Waals surface area (Å²) in [5.74, 6) is 0.175. The molecule has 0 bridgehead atoms. The first-order valence-corrected chi connectivity index (χ1v) is 12.0.